The summed E-state index contributed by atoms with van der Waals surface area (Å²) in [5.41, 5.74) is -0.891. The molecule has 0 unspecified atom stereocenters. The van der Waals surface area contributed by atoms with E-state index in [9.17, 15) is 9.59 Å². The third-order valence-electron chi connectivity index (χ3n) is 4.53. The Morgan fingerprint density at radius 3 is 2.76 bits per heavy atom. The van der Waals surface area contributed by atoms with Crippen molar-refractivity contribution in [3.05, 3.63) is 0 Å². The van der Waals surface area contributed by atoms with E-state index < -0.39 is 5.60 Å². The number of ketones is 1. The fourth-order valence-corrected chi connectivity index (χ4v) is 3.81. The second-order valence-corrected chi connectivity index (χ2v) is 5.99. The molecule has 17 heavy (non-hydrogen) atoms. The summed E-state index contributed by atoms with van der Waals surface area (Å²) in [7, 11) is 0. The highest BCUT2D eigenvalue weighted by atomic mass is 16.6. The first-order chi connectivity index (χ1) is 7.94. The highest BCUT2D eigenvalue weighted by molar-refractivity contribution is 5.80. The summed E-state index contributed by atoms with van der Waals surface area (Å²) in [4.78, 5) is 23.3. The Labute approximate surface area is 101 Å². The van der Waals surface area contributed by atoms with E-state index in [-0.39, 0.29) is 29.4 Å². The van der Waals surface area contributed by atoms with Gasteiger partial charge in [0.2, 0.25) is 0 Å². The van der Waals surface area contributed by atoms with E-state index in [4.69, 9.17) is 9.47 Å². The van der Waals surface area contributed by atoms with Gasteiger partial charge in [-0.05, 0) is 26.7 Å². The lowest BCUT2D eigenvalue weighted by Crippen LogP contribution is -2.44. The summed E-state index contributed by atoms with van der Waals surface area (Å²) in [6.45, 7) is 4.01. The summed E-state index contributed by atoms with van der Waals surface area (Å²) in [6.07, 6.45) is 2.85. The van der Waals surface area contributed by atoms with Crippen LogP contribution in [0.1, 0.15) is 46.0 Å². The van der Waals surface area contributed by atoms with Crippen LogP contribution in [0.4, 0.5) is 0 Å². The molecule has 0 aromatic rings. The molecule has 0 amide bonds. The number of esters is 1. The summed E-state index contributed by atoms with van der Waals surface area (Å²) < 4.78 is 11.6. The summed E-state index contributed by atoms with van der Waals surface area (Å²) in [5, 5.41) is 0. The lowest BCUT2D eigenvalue weighted by molar-refractivity contribution is -0.154. The van der Waals surface area contributed by atoms with Crippen molar-refractivity contribution in [3.63, 3.8) is 0 Å². The molecule has 4 heteroatoms. The molecule has 0 radical (unpaired) electrons. The number of rotatable bonds is 0. The molecule has 1 saturated carbocycles. The smallest absolute Gasteiger partial charge is 0.309 e. The van der Waals surface area contributed by atoms with Crippen LogP contribution >= 0.6 is 0 Å². The van der Waals surface area contributed by atoms with Gasteiger partial charge in [-0.3, -0.25) is 9.59 Å². The van der Waals surface area contributed by atoms with Crippen LogP contribution in [-0.2, 0) is 19.1 Å². The molecule has 2 saturated heterocycles. The van der Waals surface area contributed by atoms with Gasteiger partial charge in [0.05, 0.1) is 12.0 Å². The molecule has 1 aliphatic carbocycles. The van der Waals surface area contributed by atoms with Gasteiger partial charge < -0.3 is 9.47 Å². The Kier molecular flexibility index (Phi) is 2.18. The molecule has 0 aromatic heterocycles. The predicted molar refractivity (Wildman–Crippen MR) is 59.4 cm³/mol. The van der Waals surface area contributed by atoms with Crippen molar-refractivity contribution in [2.45, 2.75) is 63.3 Å². The molecule has 0 aromatic carbocycles. The fourth-order valence-electron chi connectivity index (χ4n) is 3.81. The summed E-state index contributed by atoms with van der Waals surface area (Å²) >= 11 is 0. The van der Waals surface area contributed by atoms with Crippen LogP contribution in [0.5, 0.6) is 0 Å². The first-order valence-corrected chi connectivity index (χ1v) is 6.35. The van der Waals surface area contributed by atoms with Crippen molar-refractivity contribution < 1.29 is 19.1 Å². The second-order valence-electron chi connectivity index (χ2n) is 5.99. The SMILES string of the molecule is CC1(C)O[C@@H]2CC(=O)O[C@@]23CCCC(=O)C[C@H]13. The van der Waals surface area contributed by atoms with E-state index >= 15 is 0 Å². The summed E-state index contributed by atoms with van der Waals surface area (Å²) in [6, 6.07) is 0. The Bertz CT molecular complexity index is 387. The van der Waals surface area contributed by atoms with Gasteiger partial charge in [-0.25, -0.2) is 0 Å². The molecular formula is C13H18O4. The number of hydrogen-bond acceptors (Lipinski definition) is 4. The van der Waals surface area contributed by atoms with Crippen LogP contribution in [0.15, 0.2) is 0 Å². The van der Waals surface area contributed by atoms with E-state index in [1.54, 1.807) is 0 Å². The molecule has 2 heterocycles. The van der Waals surface area contributed by atoms with Crippen molar-refractivity contribution in [1.82, 2.24) is 0 Å². The molecule has 3 rings (SSSR count). The van der Waals surface area contributed by atoms with Gasteiger partial charge >= 0.3 is 5.97 Å². The quantitative estimate of drug-likeness (QED) is 0.602. The highest BCUT2D eigenvalue weighted by Gasteiger charge is 2.66. The number of carbonyl (C=O) groups is 2. The van der Waals surface area contributed by atoms with Gasteiger partial charge in [-0.2, -0.15) is 0 Å². The normalized spacial score (nSPS) is 43.9. The Balaban J connectivity index is 2.02. The molecule has 94 valence electrons. The lowest BCUT2D eigenvalue weighted by atomic mass is 9.74. The number of ether oxygens (including phenoxy) is 2. The lowest BCUT2D eigenvalue weighted by Gasteiger charge is -2.34. The zero-order valence-corrected chi connectivity index (χ0v) is 10.3. The Morgan fingerprint density at radius 1 is 1.24 bits per heavy atom. The topological polar surface area (TPSA) is 52.6 Å². The average molecular weight is 238 g/mol. The van der Waals surface area contributed by atoms with E-state index in [1.807, 2.05) is 13.8 Å². The van der Waals surface area contributed by atoms with Crippen LogP contribution < -0.4 is 0 Å². The molecular weight excluding hydrogens is 220 g/mol. The third kappa shape index (κ3) is 1.46. The first-order valence-electron chi connectivity index (χ1n) is 6.35. The third-order valence-corrected chi connectivity index (χ3v) is 4.53. The highest BCUT2D eigenvalue weighted by Crippen LogP contribution is 2.55. The number of carbonyl (C=O) groups excluding carboxylic acids is 2. The van der Waals surface area contributed by atoms with Crippen molar-refractivity contribution in [1.29, 1.82) is 0 Å². The van der Waals surface area contributed by atoms with Crippen molar-refractivity contribution in [3.8, 4) is 0 Å². The van der Waals surface area contributed by atoms with Crippen molar-refractivity contribution in [2.24, 2.45) is 5.92 Å². The maximum Gasteiger partial charge on any atom is 0.309 e. The van der Waals surface area contributed by atoms with Crippen molar-refractivity contribution in [2.75, 3.05) is 0 Å². The van der Waals surface area contributed by atoms with Gasteiger partial charge in [-0.15, -0.1) is 0 Å². The van der Waals surface area contributed by atoms with E-state index in [1.165, 1.54) is 0 Å². The van der Waals surface area contributed by atoms with E-state index in [2.05, 4.69) is 0 Å². The maximum atomic E-state index is 11.8. The molecule has 0 bridgehead atoms. The van der Waals surface area contributed by atoms with E-state index in [0.717, 1.165) is 12.8 Å². The average Bonchev–Trinajstić information content (AvgIpc) is 2.50. The molecule has 4 nitrogen and oxygen atoms in total. The van der Waals surface area contributed by atoms with Crippen molar-refractivity contribution >= 4 is 11.8 Å². The van der Waals surface area contributed by atoms with Crippen LogP contribution in [0, 0.1) is 5.92 Å². The standard InChI is InChI=1S/C13H18O4/c1-12(2)9-6-8(14)4-3-5-13(9)10(16-12)7-11(15)17-13/h9-10H,3-7H2,1-2H3/t9-,10-,13-/m1/s1. The van der Waals surface area contributed by atoms with E-state index in [0.29, 0.717) is 19.3 Å². The fraction of sp³-hybridized carbons (Fsp3) is 0.846. The zero-order chi connectivity index (χ0) is 12.3. The molecule has 0 N–H and O–H groups in total. The predicted octanol–water partition coefficient (Wildman–Crippen LogP) is 1.61. The maximum absolute atomic E-state index is 11.8. The van der Waals surface area contributed by atoms with Gasteiger partial charge in [0.1, 0.15) is 17.5 Å². The molecule has 3 aliphatic rings. The molecule has 2 aliphatic heterocycles. The van der Waals surface area contributed by atoms with Crippen LogP contribution in [0.25, 0.3) is 0 Å². The van der Waals surface area contributed by atoms with Gasteiger partial charge in [0.25, 0.3) is 0 Å². The Hall–Kier alpha value is -0.900. The zero-order valence-electron chi connectivity index (χ0n) is 10.3. The minimum Gasteiger partial charge on any atom is -0.456 e. The largest absolute Gasteiger partial charge is 0.456 e. The summed E-state index contributed by atoms with van der Waals surface area (Å²) in [5.74, 6) is 0.110. The minimum absolute atomic E-state index is 0.0152. The number of hydrogen-bond donors (Lipinski definition) is 0. The molecule has 1 spiro atoms. The second kappa shape index (κ2) is 3.31. The van der Waals surface area contributed by atoms with Crippen LogP contribution in [0.3, 0.4) is 0 Å². The van der Waals surface area contributed by atoms with Crippen LogP contribution in [-0.4, -0.2) is 29.1 Å². The Morgan fingerprint density at radius 2 is 2.00 bits per heavy atom. The van der Waals surface area contributed by atoms with Gasteiger partial charge in [-0.1, -0.05) is 0 Å². The van der Waals surface area contributed by atoms with Gasteiger partial charge in [0.15, 0.2) is 0 Å². The van der Waals surface area contributed by atoms with Gasteiger partial charge in [0, 0.05) is 18.8 Å². The minimum atomic E-state index is -0.521. The molecule has 3 atom stereocenters. The molecule has 3 fully saturated rings. The van der Waals surface area contributed by atoms with Crippen LogP contribution in [0.2, 0.25) is 0 Å². The number of Topliss-reactive ketones (excluding diaryl/α,β-unsaturated/α-hetero) is 1. The first kappa shape index (κ1) is 11.2. The monoisotopic (exact) mass is 238 g/mol.